The number of nitrogens with one attached hydrogen (secondary N) is 1. The molecule has 0 radical (unpaired) electrons. The molecule has 37 heavy (non-hydrogen) atoms. The van der Waals surface area contributed by atoms with Crippen LogP contribution in [0.2, 0.25) is 5.15 Å². The molecule has 1 unspecified atom stereocenters. The molecule has 1 aliphatic heterocycles. The summed E-state index contributed by atoms with van der Waals surface area (Å²) in [4.78, 5) is 21.8. The Kier molecular flexibility index (Phi) is 6.78. The van der Waals surface area contributed by atoms with Crippen LogP contribution in [0, 0.1) is 10.1 Å². The number of halogens is 1. The zero-order valence-corrected chi connectivity index (χ0v) is 21.0. The Morgan fingerprint density at radius 1 is 1.08 bits per heavy atom. The number of non-ortho nitro benzene ring substituents is 1. The molecule has 0 saturated heterocycles. The summed E-state index contributed by atoms with van der Waals surface area (Å²) in [6.07, 6.45) is 1.44. The Labute approximate surface area is 218 Å². The van der Waals surface area contributed by atoms with Crippen molar-refractivity contribution in [2.75, 3.05) is 24.4 Å². The second-order valence-corrected chi connectivity index (χ2v) is 8.89. The van der Waals surface area contributed by atoms with Gasteiger partial charge in [-0.3, -0.25) is 10.1 Å². The summed E-state index contributed by atoms with van der Waals surface area (Å²) >= 11 is 6.62. The van der Waals surface area contributed by atoms with E-state index in [1.54, 1.807) is 26.4 Å². The molecule has 1 aliphatic rings. The number of nitro benzene ring substituents is 1. The topological polar surface area (TPSA) is 103 Å². The number of methoxy groups -OCH3 is 2. The second kappa shape index (κ2) is 10.3. The smallest absolute Gasteiger partial charge is 0.269 e. The summed E-state index contributed by atoms with van der Waals surface area (Å²) in [5, 5.41) is 15.1. The number of ether oxygens (including phenoxy) is 2. The molecule has 188 valence electrons. The van der Waals surface area contributed by atoms with Gasteiger partial charge >= 0.3 is 0 Å². The number of nitrogens with zero attached hydrogens (tertiary/aromatic N) is 4. The van der Waals surface area contributed by atoms with Gasteiger partial charge in [0, 0.05) is 36.9 Å². The molecule has 9 nitrogen and oxygen atoms in total. The fraction of sp³-hybridized carbons (Fsp3) is 0.185. The molecule has 1 N–H and O–H groups in total. The number of aromatic nitrogens is 2. The third-order valence-electron chi connectivity index (χ3n) is 6.33. The van der Waals surface area contributed by atoms with E-state index in [4.69, 9.17) is 21.1 Å². The van der Waals surface area contributed by atoms with Gasteiger partial charge in [0.15, 0.2) is 11.0 Å². The minimum absolute atomic E-state index is 0.00677. The number of fused-ring (bicyclic) bond motifs is 2. The van der Waals surface area contributed by atoms with Crippen molar-refractivity contribution in [2.24, 2.45) is 0 Å². The summed E-state index contributed by atoms with van der Waals surface area (Å²) in [6.45, 7) is 1.05. The van der Waals surface area contributed by atoms with E-state index in [-0.39, 0.29) is 10.8 Å². The van der Waals surface area contributed by atoms with Crippen molar-refractivity contribution >= 4 is 28.8 Å². The summed E-state index contributed by atoms with van der Waals surface area (Å²) in [6, 6.07) is 19.8. The molecule has 1 aromatic heterocycles. The monoisotopic (exact) mass is 517 g/mol. The van der Waals surface area contributed by atoms with E-state index < -0.39 is 11.0 Å². The van der Waals surface area contributed by atoms with Crippen molar-refractivity contribution in [3.63, 3.8) is 0 Å². The van der Waals surface area contributed by atoms with Crippen LogP contribution in [-0.4, -0.2) is 29.1 Å². The summed E-state index contributed by atoms with van der Waals surface area (Å²) in [5.74, 6) is 1.91. The van der Waals surface area contributed by atoms with Crippen LogP contribution in [0.1, 0.15) is 28.3 Å². The number of benzene rings is 3. The maximum absolute atomic E-state index is 11.3. The van der Waals surface area contributed by atoms with Crippen LogP contribution < -0.4 is 19.7 Å². The average molecular weight is 518 g/mol. The van der Waals surface area contributed by atoms with Gasteiger partial charge < -0.3 is 19.7 Å². The first-order valence-corrected chi connectivity index (χ1v) is 11.9. The predicted molar refractivity (Wildman–Crippen MR) is 141 cm³/mol. The highest BCUT2D eigenvalue weighted by atomic mass is 35.5. The normalized spacial score (nSPS) is 14.5. The standard InChI is InChI=1S/C27H24ClN5O4/c1-36-21-12-19-15-32(14-17-6-4-3-5-7-17)27-25(26(28)29-16-30-27)31-24(23(19)22(13-21)37-2)18-8-10-20(11-9-18)33(34)35/h3-13,16,24,31H,14-15H2,1-2H3. The van der Waals surface area contributed by atoms with Gasteiger partial charge in [0.25, 0.3) is 5.69 Å². The lowest BCUT2D eigenvalue weighted by atomic mass is 9.91. The van der Waals surface area contributed by atoms with E-state index >= 15 is 0 Å². The molecule has 1 atom stereocenters. The summed E-state index contributed by atoms with van der Waals surface area (Å²) in [5.41, 5.74) is 4.27. The lowest BCUT2D eigenvalue weighted by Crippen LogP contribution is -2.29. The zero-order chi connectivity index (χ0) is 25.9. The van der Waals surface area contributed by atoms with Crippen molar-refractivity contribution in [1.29, 1.82) is 0 Å². The Morgan fingerprint density at radius 2 is 1.84 bits per heavy atom. The molecule has 5 rings (SSSR count). The van der Waals surface area contributed by atoms with Gasteiger partial charge in [-0.05, 0) is 34.9 Å². The highest BCUT2D eigenvalue weighted by molar-refractivity contribution is 6.32. The van der Waals surface area contributed by atoms with Crippen LogP contribution in [0.3, 0.4) is 0 Å². The van der Waals surface area contributed by atoms with E-state index in [2.05, 4.69) is 32.3 Å². The maximum atomic E-state index is 11.3. The van der Waals surface area contributed by atoms with E-state index in [1.165, 1.54) is 18.5 Å². The molecule has 10 heteroatoms. The molecule has 2 heterocycles. The van der Waals surface area contributed by atoms with Crippen LogP contribution >= 0.6 is 11.6 Å². The molecule has 0 aliphatic carbocycles. The van der Waals surface area contributed by atoms with Gasteiger partial charge in [-0.15, -0.1) is 0 Å². The van der Waals surface area contributed by atoms with E-state index in [0.717, 1.165) is 22.3 Å². The van der Waals surface area contributed by atoms with Crippen molar-refractivity contribution < 1.29 is 14.4 Å². The first-order valence-electron chi connectivity index (χ1n) is 11.5. The highest BCUT2D eigenvalue weighted by Gasteiger charge is 2.31. The summed E-state index contributed by atoms with van der Waals surface area (Å²) in [7, 11) is 3.21. The Bertz CT molecular complexity index is 1430. The fourth-order valence-electron chi connectivity index (χ4n) is 4.59. The van der Waals surface area contributed by atoms with Crippen LogP contribution in [0.5, 0.6) is 11.5 Å². The zero-order valence-electron chi connectivity index (χ0n) is 20.2. The van der Waals surface area contributed by atoms with E-state index in [0.29, 0.717) is 36.1 Å². The number of rotatable bonds is 6. The Balaban J connectivity index is 1.71. The molecule has 3 aromatic carbocycles. The minimum Gasteiger partial charge on any atom is -0.497 e. The van der Waals surface area contributed by atoms with Gasteiger partial charge in [0.05, 0.1) is 25.2 Å². The van der Waals surface area contributed by atoms with Crippen molar-refractivity contribution in [3.8, 4) is 11.5 Å². The third kappa shape index (κ3) is 4.85. The first-order chi connectivity index (χ1) is 18.0. The third-order valence-corrected chi connectivity index (χ3v) is 6.62. The van der Waals surface area contributed by atoms with E-state index in [1.807, 2.05) is 30.3 Å². The highest BCUT2D eigenvalue weighted by Crippen LogP contribution is 2.44. The molecule has 0 amide bonds. The van der Waals surface area contributed by atoms with Gasteiger partial charge in [-0.25, -0.2) is 9.97 Å². The Morgan fingerprint density at radius 3 is 2.51 bits per heavy atom. The SMILES string of the molecule is COc1cc2c(c(OC)c1)C(c1ccc([N+](=O)[O-])cc1)Nc1c(Cl)ncnc1N(Cc1ccccc1)C2. The van der Waals surface area contributed by atoms with Crippen molar-refractivity contribution in [2.45, 2.75) is 19.1 Å². The van der Waals surface area contributed by atoms with Crippen molar-refractivity contribution in [1.82, 2.24) is 9.97 Å². The van der Waals surface area contributed by atoms with Crippen LogP contribution in [0.15, 0.2) is 73.1 Å². The van der Waals surface area contributed by atoms with Gasteiger partial charge in [-0.1, -0.05) is 41.9 Å². The lowest BCUT2D eigenvalue weighted by Gasteiger charge is -2.34. The molecule has 0 fully saturated rings. The predicted octanol–water partition coefficient (Wildman–Crippen LogP) is 5.78. The molecular weight excluding hydrogens is 494 g/mol. The molecule has 0 spiro atoms. The van der Waals surface area contributed by atoms with Crippen LogP contribution in [-0.2, 0) is 13.1 Å². The average Bonchev–Trinajstić information content (AvgIpc) is 2.91. The van der Waals surface area contributed by atoms with Crippen molar-refractivity contribution in [3.05, 3.63) is 111 Å². The van der Waals surface area contributed by atoms with Gasteiger partial charge in [-0.2, -0.15) is 0 Å². The minimum atomic E-state index is -0.460. The number of anilines is 2. The Hall–Kier alpha value is -4.37. The number of nitro groups is 1. The largest absolute Gasteiger partial charge is 0.497 e. The fourth-order valence-corrected chi connectivity index (χ4v) is 4.77. The number of hydrogen-bond donors (Lipinski definition) is 1. The quantitative estimate of drug-likeness (QED) is 0.195. The second-order valence-electron chi connectivity index (χ2n) is 8.53. The van der Waals surface area contributed by atoms with E-state index in [9.17, 15) is 10.1 Å². The number of hydrogen-bond acceptors (Lipinski definition) is 8. The first kappa shape index (κ1) is 24.3. The lowest BCUT2D eigenvalue weighted by molar-refractivity contribution is -0.384. The van der Waals surface area contributed by atoms with Gasteiger partial charge in [0.1, 0.15) is 23.5 Å². The summed E-state index contributed by atoms with van der Waals surface area (Å²) < 4.78 is 11.4. The van der Waals surface area contributed by atoms with Gasteiger partial charge in [0.2, 0.25) is 0 Å². The molecule has 4 aromatic rings. The van der Waals surface area contributed by atoms with Crippen LogP contribution in [0.25, 0.3) is 0 Å². The molecule has 0 saturated carbocycles. The maximum Gasteiger partial charge on any atom is 0.269 e. The molecule has 0 bridgehead atoms. The van der Waals surface area contributed by atoms with Crippen LogP contribution in [0.4, 0.5) is 17.2 Å². The molecular formula is C27H24ClN5O4.